The number of aliphatic carboxylic acids is 1. The average Bonchev–Trinajstić information content (AvgIpc) is 2.79. The largest absolute Gasteiger partial charge is 0.480 e. The van der Waals surface area contributed by atoms with Gasteiger partial charge in [0.15, 0.2) is 5.96 Å². The number of carbonyl (C=O) groups is 4. The first-order chi connectivity index (χ1) is 16.0. The predicted octanol–water partition coefficient (Wildman–Crippen LogP) is -1.90. The minimum Gasteiger partial charge on any atom is -0.480 e. The SMILES string of the molecule is CC(NC(=O)C(CS)NC(=O)C(Cc1ccccc1)NC(=O)C(N)CCCN=C(N)N)C(=O)O. The predicted molar refractivity (Wildman–Crippen MR) is 131 cm³/mol. The lowest BCUT2D eigenvalue weighted by Crippen LogP contribution is -2.58. The molecule has 0 fully saturated rings. The molecule has 0 aliphatic carbocycles. The van der Waals surface area contributed by atoms with Gasteiger partial charge >= 0.3 is 5.97 Å². The molecular formula is C21H33N7O5S. The topological polar surface area (TPSA) is 215 Å². The Hall–Kier alpha value is -3.32. The average molecular weight is 496 g/mol. The summed E-state index contributed by atoms with van der Waals surface area (Å²) in [5.74, 6) is -3.26. The third-order valence-electron chi connectivity index (χ3n) is 4.76. The Balaban J connectivity index is 2.88. The minimum absolute atomic E-state index is 0.0573. The summed E-state index contributed by atoms with van der Waals surface area (Å²) in [4.78, 5) is 52.8. The maximum atomic E-state index is 13.0. The van der Waals surface area contributed by atoms with Crippen LogP contribution in [-0.2, 0) is 25.6 Å². The van der Waals surface area contributed by atoms with Crippen LogP contribution >= 0.6 is 12.6 Å². The van der Waals surface area contributed by atoms with E-state index in [0.717, 1.165) is 5.56 Å². The number of hydrogen-bond donors (Lipinski definition) is 8. The third kappa shape index (κ3) is 10.5. The summed E-state index contributed by atoms with van der Waals surface area (Å²) in [7, 11) is 0. The quantitative estimate of drug-likeness (QED) is 0.0629. The summed E-state index contributed by atoms with van der Waals surface area (Å²) in [6.07, 6.45) is 0.897. The number of nitrogens with zero attached hydrogens (tertiary/aromatic N) is 1. The molecule has 1 aromatic carbocycles. The van der Waals surface area contributed by atoms with Crippen molar-refractivity contribution in [3.63, 3.8) is 0 Å². The molecule has 0 aromatic heterocycles. The molecule has 12 nitrogen and oxygen atoms in total. The van der Waals surface area contributed by atoms with Crippen molar-refractivity contribution < 1.29 is 24.3 Å². The summed E-state index contributed by atoms with van der Waals surface area (Å²) in [5, 5.41) is 16.4. The van der Waals surface area contributed by atoms with Crippen molar-refractivity contribution in [2.75, 3.05) is 12.3 Å². The van der Waals surface area contributed by atoms with E-state index in [-0.39, 0.29) is 24.6 Å². The van der Waals surface area contributed by atoms with Crippen LogP contribution in [-0.4, -0.2) is 71.2 Å². The van der Waals surface area contributed by atoms with Crippen LogP contribution in [0.5, 0.6) is 0 Å². The fourth-order valence-electron chi connectivity index (χ4n) is 2.83. The summed E-state index contributed by atoms with van der Waals surface area (Å²) in [5.41, 5.74) is 17.3. The Morgan fingerprint density at radius 3 is 2.15 bits per heavy atom. The Kier molecular flexibility index (Phi) is 12.5. The van der Waals surface area contributed by atoms with Crippen LogP contribution < -0.4 is 33.2 Å². The summed E-state index contributed by atoms with van der Waals surface area (Å²) in [6, 6.07) is 4.78. The van der Waals surface area contributed by atoms with Crippen LogP contribution in [0.4, 0.5) is 0 Å². The highest BCUT2D eigenvalue weighted by atomic mass is 32.1. The molecule has 0 aliphatic heterocycles. The van der Waals surface area contributed by atoms with Gasteiger partial charge in [0, 0.05) is 18.7 Å². The number of carboxylic acid groups (broad SMARTS) is 1. The van der Waals surface area contributed by atoms with Crippen LogP contribution in [0.2, 0.25) is 0 Å². The monoisotopic (exact) mass is 495 g/mol. The molecule has 0 bridgehead atoms. The molecule has 13 heteroatoms. The third-order valence-corrected chi connectivity index (χ3v) is 5.13. The zero-order valence-electron chi connectivity index (χ0n) is 18.9. The van der Waals surface area contributed by atoms with Gasteiger partial charge in [0.2, 0.25) is 17.7 Å². The van der Waals surface area contributed by atoms with E-state index >= 15 is 0 Å². The first kappa shape index (κ1) is 28.7. The number of carbonyl (C=O) groups excluding carboxylic acids is 3. The molecule has 0 saturated carbocycles. The lowest BCUT2D eigenvalue weighted by Gasteiger charge is -2.24. The smallest absolute Gasteiger partial charge is 0.325 e. The zero-order valence-corrected chi connectivity index (χ0v) is 19.8. The number of nitrogens with one attached hydrogen (secondary N) is 3. The fourth-order valence-corrected chi connectivity index (χ4v) is 3.09. The number of thiol groups is 1. The van der Waals surface area contributed by atoms with Crippen LogP contribution in [0.1, 0.15) is 25.3 Å². The number of benzene rings is 1. The first-order valence-corrected chi connectivity index (χ1v) is 11.3. The van der Waals surface area contributed by atoms with Gasteiger partial charge in [0.05, 0.1) is 6.04 Å². The molecule has 4 unspecified atom stereocenters. The van der Waals surface area contributed by atoms with Crippen molar-refractivity contribution in [3.05, 3.63) is 35.9 Å². The second kappa shape index (κ2) is 14.8. The summed E-state index contributed by atoms with van der Waals surface area (Å²) >= 11 is 4.08. The maximum absolute atomic E-state index is 13.0. The van der Waals surface area contributed by atoms with E-state index in [1.807, 2.05) is 6.07 Å². The van der Waals surface area contributed by atoms with Gasteiger partial charge in [-0.3, -0.25) is 24.2 Å². The fraction of sp³-hybridized carbons (Fsp3) is 0.476. The van der Waals surface area contributed by atoms with E-state index in [0.29, 0.717) is 13.0 Å². The maximum Gasteiger partial charge on any atom is 0.325 e. The van der Waals surface area contributed by atoms with Gasteiger partial charge in [0.1, 0.15) is 18.1 Å². The van der Waals surface area contributed by atoms with Gasteiger partial charge in [0.25, 0.3) is 0 Å². The van der Waals surface area contributed by atoms with Gasteiger partial charge in [-0.15, -0.1) is 0 Å². The normalized spacial score (nSPS) is 14.1. The molecular weight excluding hydrogens is 462 g/mol. The lowest BCUT2D eigenvalue weighted by atomic mass is 10.0. The van der Waals surface area contributed by atoms with E-state index < -0.39 is 47.9 Å². The molecule has 1 rings (SSSR count). The Labute approximate surface area is 203 Å². The molecule has 0 radical (unpaired) electrons. The number of rotatable bonds is 14. The highest BCUT2D eigenvalue weighted by Crippen LogP contribution is 2.06. The molecule has 34 heavy (non-hydrogen) atoms. The Bertz CT molecular complexity index is 864. The van der Waals surface area contributed by atoms with Crippen LogP contribution in [0.15, 0.2) is 35.3 Å². The van der Waals surface area contributed by atoms with Gasteiger partial charge in [-0.2, -0.15) is 12.6 Å². The Morgan fingerprint density at radius 1 is 1.00 bits per heavy atom. The first-order valence-electron chi connectivity index (χ1n) is 10.6. The number of nitrogens with two attached hydrogens (primary N) is 3. The molecule has 0 spiro atoms. The van der Waals surface area contributed by atoms with Crippen molar-refractivity contribution in [2.24, 2.45) is 22.2 Å². The number of amides is 3. The van der Waals surface area contributed by atoms with E-state index in [4.69, 9.17) is 22.3 Å². The van der Waals surface area contributed by atoms with Gasteiger partial charge in [-0.1, -0.05) is 30.3 Å². The molecule has 0 heterocycles. The standard InChI is InChI=1S/C21H33N7O5S/c1-12(20(32)33)26-19(31)16(11-34)28-18(30)15(10-13-6-3-2-4-7-13)27-17(29)14(22)8-5-9-25-21(23)24/h2-4,6-7,12,14-16,34H,5,8-11,22H2,1H3,(H,26,31)(H,27,29)(H,28,30)(H,32,33)(H4,23,24,25). The van der Waals surface area contributed by atoms with Crippen molar-refractivity contribution in [3.8, 4) is 0 Å². The molecule has 0 saturated heterocycles. The molecule has 3 amide bonds. The van der Waals surface area contributed by atoms with E-state index in [2.05, 4.69) is 33.6 Å². The minimum atomic E-state index is -1.22. The van der Waals surface area contributed by atoms with Gasteiger partial charge < -0.3 is 38.3 Å². The number of guanidine groups is 1. The van der Waals surface area contributed by atoms with Crippen molar-refractivity contribution >= 4 is 42.3 Å². The second-order valence-electron chi connectivity index (χ2n) is 7.62. The zero-order chi connectivity index (χ0) is 25.7. The second-order valence-corrected chi connectivity index (χ2v) is 7.98. The van der Waals surface area contributed by atoms with E-state index in [1.165, 1.54) is 6.92 Å². The highest BCUT2D eigenvalue weighted by Gasteiger charge is 2.29. The highest BCUT2D eigenvalue weighted by molar-refractivity contribution is 7.80. The van der Waals surface area contributed by atoms with Crippen LogP contribution in [0.25, 0.3) is 0 Å². The van der Waals surface area contributed by atoms with Crippen molar-refractivity contribution in [1.82, 2.24) is 16.0 Å². The van der Waals surface area contributed by atoms with Crippen LogP contribution in [0.3, 0.4) is 0 Å². The molecule has 0 aliphatic rings. The summed E-state index contributed by atoms with van der Waals surface area (Å²) in [6.45, 7) is 1.61. The molecule has 4 atom stereocenters. The summed E-state index contributed by atoms with van der Waals surface area (Å²) < 4.78 is 0. The Morgan fingerprint density at radius 2 is 1.59 bits per heavy atom. The van der Waals surface area contributed by atoms with Gasteiger partial charge in [-0.05, 0) is 25.3 Å². The molecule has 10 N–H and O–H groups in total. The number of aliphatic imine (C=N–C) groups is 1. The number of hydrogen-bond acceptors (Lipinski definition) is 7. The van der Waals surface area contributed by atoms with Crippen molar-refractivity contribution in [2.45, 2.75) is 50.4 Å². The van der Waals surface area contributed by atoms with E-state index in [1.54, 1.807) is 24.3 Å². The molecule has 188 valence electrons. The lowest BCUT2D eigenvalue weighted by molar-refractivity contribution is -0.141. The van der Waals surface area contributed by atoms with E-state index in [9.17, 15) is 19.2 Å². The van der Waals surface area contributed by atoms with Crippen LogP contribution in [0, 0.1) is 0 Å². The van der Waals surface area contributed by atoms with Gasteiger partial charge in [-0.25, -0.2) is 0 Å². The van der Waals surface area contributed by atoms with Crippen molar-refractivity contribution in [1.29, 1.82) is 0 Å². The molecule has 1 aromatic rings. The number of carboxylic acids is 1.